The molecule has 3 N–H and O–H groups in total. The van der Waals surface area contributed by atoms with Crippen molar-refractivity contribution in [3.05, 3.63) is 35.9 Å². The molecule has 0 radical (unpaired) electrons. The summed E-state index contributed by atoms with van der Waals surface area (Å²) in [5.74, 6) is 0. The van der Waals surface area contributed by atoms with Crippen molar-refractivity contribution < 1.29 is 9.84 Å². The summed E-state index contributed by atoms with van der Waals surface area (Å²) in [4.78, 5) is 2.08. The van der Waals surface area contributed by atoms with Crippen LogP contribution in [0.5, 0.6) is 0 Å². The van der Waals surface area contributed by atoms with Gasteiger partial charge in [0, 0.05) is 19.7 Å². The molecule has 18 heavy (non-hydrogen) atoms. The van der Waals surface area contributed by atoms with Crippen molar-refractivity contribution in [1.82, 2.24) is 4.90 Å². The Morgan fingerprint density at radius 2 is 2.00 bits per heavy atom. The Labute approximate surface area is 109 Å². The Balaban J connectivity index is 2.60. The fourth-order valence-electron chi connectivity index (χ4n) is 1.93. The van der Waals surface area contributed by atoms with Crippen LogP contribution in [0.15, 0.2) is 30.3 Å². The number of aliphatic hydroxyl groups is 1. The standard InChI is InChI=1S/C14H24N2O2/c1-3-18-10-9-16(2)11-14(15,12-17)13-7-5-4-6-8-13/h4-8,17H,3,9-12,15H2,1-2H3. The Kier molecular flexibility index (Phi) is 6.29. The summed E-state index contributed by atoms with van der Waals surface area (Å²) < 4.78 is 5.31. The molecule has 1 aromatic rings. The Morgan fingerprint density at radius 1 is 1.33 bits per heavy atom. The van der Waals surface area contributed by atoms with E-state index in [9.17, 15) is 5.11 Å². The summed E-state index contributed by atoms with van der Waals surface area (Å²) in [5.41, 5.74) is 6.53. The molecular formula is C14H24N2O2. The molecule has 0 saturated carbocycles. The highest BCUT2D eigenvalue weighted by Crippen LogP contribution is 2.18. The molecule has 0 spiro atoms. The van der Waals surface area contributed by atoms with Crippen molar-refractivity contribution in [2.75, 3.05) is 40.0 Å². The maximum Gasteiger partial charge on any atom is 0.0772 e. The van der Waals surface area contributed by atoms with E-state index in [4.69, 9.17) is 10.5 Å². The molecule has 102 valence electrons. The summed E-state index contributed by atoms with van der Waals surface area (Å²) >= 11 is 0. The summed E-state index contributed by atoms with van der Waals surface area (Å²) in [6, 6.07) is 9.72. The van der Waals surface area contributed by atoms with E-state index in [1.807, 2.05) is 44.3 Å². The lowest BCUT2D eigenvalue weighted by Gasteiger charge is -2.32. The zero-order chi connectivity index (χ0) is 13.4. The molecule has 0 saturated heterocycles. The summed E-state index contributed by atoms with van der Waals surface area (Å²) in [6.07, 6.45) is 0. The van der Waals surface area contributed by atoms with E-state index in [-0.39, 0.29) is 6.61 Å². The predicted molar refractivity (Wildman–Crippen MR) is 73.4 cm³/mol. The van der Waals surface area contributed by atoms with Crippen LogP contribution in [0.25, 0.3) is 0 Å². The smallest absolute Gasteiger partial charge is 0.0772 e. The topological polar surface area (TPSA) is 58.7 Å². The summed E-state index contributed by atoms with van der Waals surface area (Å²) in [7, 11) is 1.99. The van der Waals surface area contributed by atoms with Crippen LogP contribution in [-0.2, 0) is 10.3 Å². The van der Waals surface area contributed by atoms with Gasteiger partial charge in [-0.1, -0.05) is 30.3 Å². The van der Waals surface area contributed by atoms with Crippen LogP contribution in [0.2, 0.25) is 0 Å². The highest BCUT2D eigenvalue weighted by atomic mass is 16.5. The monoisotopic (exact) mass is 252 g/mol. The minimum Gasteiger partial charge on any atom is -0.394 e. The Hall–Kier alpha value is -0.940. The average Bonchev–Trinajstić information content (AvgIpc) is 2.40. The van der Waals surface area contributed by atoms with Crippen LogP contribution in [0.4, 0.5) is 0 Å². The number of rotatable bonds is 8. The zero-order valence-corrected chi connectivity index (χ0v) is 11.3. The molecule has 0 aliphatic carbocycles. The van der Waals surface area contributed by atoms with Crippen LogP contribution in [0.3, 0.4) is 0 Å². The van der Waals surface area contributed by atoms with Gasteiger partial charge in [0.25, 0.3) is 0 Å². The van der Waals surface area contributed by atoms with Gasteiger partial charge in [-0.05, 0) is 19.5 Å². The van der Waals surface area contributed by atoms with Gasteiger partial charge in [0.2, 0.25) is 0 Å². The number of nitrogens with two attached hydrogens (primary N) is 1. The van der Waals surface area contributed by atoms with Crippen LogP contribution >= 0.6 is 0 Å². The van der Waals surface area contributed by atoms with E-state index in [0.29, 0.717) is 13.2 Å². The van der Waals surface area contributed by atoms with Crippen molar-refractivity contribution in [3.8, 4) is 0 Å². The quantitative estimate of drug-likeness (QED) is 0.672. The van der Waals surface area contributed by atoms with Crippen molar-refractivity contribution >= 4 is 0 Å². The van der Waals surface area contributed by atoms with Gasteiger partial charge in [-0.3, -0.25) is 0 Å². The van der Waals surface area contributed by atoms with E-state index in [2.05, 4.69) is 4.90 Å². The van der Waals surface area contributed by atoms with Crippen LogP contribution in [-0.4, -0.2) is 50.0 Å². The van der Waals surface area contributed by atoms with Crippen LogP contribution in [0, 0.1) is 0 Å². The molecule has 0 bridgehead atoms. The first kappa shape index (κ1) is 15.1. The molecule has 4 heteroatoms. The van der Waals surface area contributed by atoms with Gasteiger partial charge in [0.15, 0.2) is 0 Å². The van der Waals surface area contributed by atoms with E-state index in [1.54, 1.807) is 0 Å². The van der Waals surface area contributed by atoms with Gasteiger partial charge in [0.1, 0.15) is 0 Å². The third kappa shape index (κ3) is 4.38. The fraction of sp³-hybridized carbons (Fsp3) is 0.571. The number of hydrogen-bond donors (Lipinski definition) is 2. The molecule has 1 unspecified atom stereocenters. The maximum absolute atomic E-state index is 9.58. The van der Waals surface area contributed by atoms with Gasteiger partial charge in [0.05, 0.1) is 18.8 Å². The molecular weight excluding hydrogens is 228 g/mol. The number of benzene rings is 1. The Bertz CT molecular complexity index is 332. The predicted octanol–water partition coefficient (Wildman–Crippen LogP) is 0.801. The highest BCUT2D eigenvalue weighted by molar-refractivity contribution is 5.24. The van der Waals surface area contributed by atoms with Crippen molar-refractivity contribution in [1.29, 1.82) is 0 Å². The molecule has 1 aromatic carbocycles. The minimum absolute atomic E-state index is 0.0734. The van der Waals surface area contributed by atoms with Gasteiger partial charge < -0.3 is 20.5 Å². The lowest BCUT2D eigenvalue weighted by Crippen LogP contribution is -2.50. The second kappa shape index (κ2) is 7.48. The normalized spacial score (nSPS) is 14.7. The van der Waals surface area contributed by atoms with Gasteiger partial charge in [-0.2, -0.15) is 0 Å². The number of hydrogen-bond acceptors (Lipinski definition) is 4. The lowest BCUT2D eigenvalue weighted by atomic mass is 9.91. The first-order chi connectivity index (χ1) is 8.62. The minimum atomic E-state index is -0.720. The average molecular weight is 252 g/mol. The third-order valence-corrected chi connectivity index (χ3v) is 3.00. The van der Waals surface area contributed by atoms with E-state index >= 15 is 0 Å². The Morgan fingerprint density at radius 3 is 2.56 bits per heavy atom. The van der Waals surface area contributed by atoms with Gasteiger partial charge >= 0.3 is 0 Å². The van der Waals surface area contributed by atoms with Crippen molar-refractivity contribution in [2.24, 2.45) is 5.73 Å². The summed E-state index contributed by atoms with van der Waals surface area (Å²) in [6.45, 7) is 4.71. The first-order valence-electron chi connectivity index (χ1n) is 6.34. The largest absolute Gasteiger partial charge is 0.394 e. The molecule has 4 nitrogen and oxygen atoms in total. The molecule has 1 atom stereocenters. The van der Waals surface area contributed by atoms with Gasteiger partial charge in [-0.15, -0.1) is 0 Å². The fourth-order valence-corrected chi connectivity index (χ4v) is 1.93. The summed E-state index contributed by atoms with van der Waals surface area (Å²) in [5, 5.41) is 9.58. The number of ether oxygens (including phenoxy) is 1. The molecule has 0 heterocycles. The maximum atomic E-state index is 9.58. The second-order valence-corrected chi connectivity index (χ2v) is 4.61. The number of aliphatic hydroxyl groups excluding tert-OH is 1. The second-order valence-electron chi connectivity index (χ2n) is 4.61. The molecule has 0 fully saturated rings. The highest BCUT2D eigenvalue weighted by Gasteiger charge is 2.27. The molecule has 0 aliphatic heterocycles. The SMILES string of the molecule is CCOCCN(C)CC(N)(CO)c1ccccc1. The first-order valence-corrected chi connectivity index (χ1v) is 6.34. The molecule has 0 aliphatic rings. The zero-order valence-electron chi connectivity index (χ0n) is 11.3. The molecule has 0 aromatic heterocycles. The van der Waals surface area contributed by atoms with E-state index in [0.717, 1.165) is 18.7 Å². The number of likely N-dealkylation sites (N-methyl/N-ethyl adjacent to an activating group) is 1. The molecule has 1 rings (SSSR count). The van der Waals surface area contributed by atoms with E-state index < -0.39 is 5.54 Å². The van der Waals surface area contributed by atoms with Gasteiger partial charge in [-0.25, -0.2) is 0 Å². The van der Waals surface area contributed by atoms with Crippen molar-refractivity contribution in [2.45, 2.75) is 12.5 Å². The third-order valence-electron chi connectivity index (χ3n) is 3.00. The van der Waals surface area contributed by atoms with Crippen LogP contribution in [0.1, 0.15) is 12.5 Å². The number of nitrogens with zero attached hydrogens (tertiary/aromatic N) is 1. The molecule has 0 amide bonds. The van der Waals surface area contributed by atoms with Crippen LogP contribution < -0.4 is 5.73 Å². The van der Waals surface area contributed by atoms with Crippen molar-refractivity contribution in [3.63, 3.8) is 0 Å². The van der Waals surface area contributed by atoms with E-state index in [1.165, 1.54) is 0 Å². The lowest BCUT2D eigenvalue weighted by molar-refractivity contribution is 0.0997.